The Balaban J connectivity index is 1.34. The second-order valence-electron chi connectivity index (χ2n) is 10.4. The molecule has 1 fully saturated rings. The molecule has 206 valence electrons. The third kappa shape index (κ3) is 4.95. The molecule has 3 aromatic heterocycles. The Morgan fingerprint density at radius 1 is 1.10 bits per heavy atom. The van der Waals surface area contributed by atoms with E-state index in [0.29, 0.717) is 50.3 Å². The molecule has 0 bridgehead atoms. The highest BCUT2D eigenvalue weighted by Crippen LogP contribution is 2.32. The standard InChI is InChI=1S/C30H32ClN7O2/c1-3-4-9-20-14-15-24(40-16-20)37-18-34-26-27(32-17-33-29(26)37)35-19(2)28-36-23-13-8-12-22(31)25(23)30(39)38(28)21-10-6-5-7-11-21/h5-8,10-13,17-20,24H,3-4,9,14-16H2,1-2H3,(H,32,33,35). The maximum Gasteiger partial charge on any atom is 0.267 e. The number of ether oxygens (including phenoxy) is 1. The fourth-order valence-electron chi connectivity index (χ4n) is 5.49. The predicted molar refractivity (Wildman–Crippen MR) is 157 cm³/mol. The molecule has 1 N–H and O–H groups in total. The van der Waals surface area contributed by atoms with Gasteiger partial charge in [-0.15, -0.1) is 0 Å². The van der Waals surface area contributed by atoms with E-state index >= 15 is 0 Å². The van der Waals surface area contributed by atoms with Gasteiger partial charge < -0.3 is 10.1 Å². The molecule has 1 saturated heterocycles. The van der Waals surface area contributed by atoms with Crippen LogP contribution in [0.5, 0.6) is 0 Å². The van der Waals surface area contributed by atoms with E-state index in [9.17, 15) is 4.79 Å². The van der Waals surface area contributed by atoms with Gasteiger partial charge in [-0.25, -0.2) is 19.9 Å². The fraction of sp³-hybridized carbons (Fsp3) is 0.367. The molecule has 9 nitrogen and oxygen atoms in total. The van der Waals surface area contributed by atoms with E-state index in [4.69, 9.17) is 21.3 Å². The summed E-state index contributed by atoms with van der Waals surface area (Å²) in [5.74, 6) is 1.71. The minimum atomic E-state index is -0.398. The topological polar surface area (TPSA) is 99.8 Å². The van der Waals surface area contributed by atoms with E-state index in [1.54, 1.807) is 29.1 Å². The van der Waals surface area contributed by atoms with Crippen molar-refractivity contribution < 1.29 is 4.74 Å². The van der Waals surface area contributed by atoms with Gasteiger partial charge in [0.2, 0.25) is 0 Å². The average Bonchev–Trinajstić information content (AvgIpc) is 3.42. The molecule has 3 unspecified atom stereocenters. The zero-order valence-electron chi connectivity index (χ0n) is 22.6. The summed E-state index contributed by atoms with van der Waals surface area (Å²) in [5, 5.41) is 4.20. The van der Waals surface area contributed by atoms with Crippen molar-refractivity contribution >= 4 is 39.5 Å². The molecule has 0 saturated carbocycles. The van der Waals surface area contributed by atoms with Gasteiger partial charge in [-0.05, 0) is 56.4 Å². The van der Waals surface area contributed by atoms with Crippen molar-refractivity contribution in [2.45, 2.75) is 58.2 Å². The number of hydrogen-bond donors (Lipinski definition) is 1. The van der Waals surface area contributed by atoms with Gasteiger partial charge in [0.05, 0.1) is 40.6 Å². The molecule has 0 aliphatic carbocycles. The lowest BCUT2D eigenvalue weighted by Crippen LogP contribution is -2.27. The molecule has 0 radical (unpaired) electrons. The van der Waals surface area contributed by atoms with Gasteiger partial charge >= 0.3 is 0 Å². The number of fused-ring (bicyclic) bond motifs is 2. The number of anilines is 1. The van der Waals surface area contributed by atoms with Gasteiger partial charge in [-0.1, -0.05) is 55.6 Å². The highest BCUT2D eigenvalue weighted by atomic mass is 35.5. The SMILES string of the molecule is CCCCC1CCC(n2cnc3c(NC(C)c4nc5cccc(Cl)c5c(=O)n4-c4ccccc4)ncnc32)OC1. The molecular formula is C30H32ClN7O2. The Bertz CT molecular complexity index is 1690. The van der Waals surface area contributed by atoms with E-state index in [1.807, 2.05) is 41.8 Å². The summed E-state index contributed by atoms with van der Waals surface area (Å²) in [5.41, 5.74) is 2.37. The Hall–Kier alpha value is -3.82. The zero-order valence-corrected chi connectivity index (χ0v) is 23.4. The van der Waals surface area contributed by atoms with E-state index in [-0.39, 0.29) is 11.8 Å². The number of benzene rings is 2. The van der Waals surface area contributed by atoms with E-state index in [2.05, 4.69) is 27.2 Å². The summed E-state index contributed by atoms with van der Waals surface area (Å²) in [6.45, 7) is 4.93. The van der Waals surface area contributed by atoms with Crippen molar-refractivity contribution in [3.05, 3.63) is 82.4 Å². The number of rotatable bonds is 8. The molecule has 4 heterocycles. The normalized spacial score (nSPS) is 18.3. The van der Waals surface area contributed by atoms with Crippen LogP contribution < -0.4 is 10.9 Å². The predicted octanol–water partition coefficient (Wildman–Crippen LogP) is 6.47. The van der Waals surface area contributed by atoms with Crippen molar-refractivity contribution in [1.82, 2.24) is 29.1 Å². The van der Waals surface area contributed by atoms with Crippen LogP contribution in [0.3, 0.4) is 0 Å². The molecule has 40 heavy (non-hydrogen) atoms. The quantitative estimate of drug-likeness (QED) is 0.233. The number of para-hydroxylation sites is 1. The second kappa shape index (κ2) is 11.3. The summed E-state index contributed by atoms with van der Waals surface area (Å²) in [4.78, 5) is 32.3. The molecule has 2 aromatic carbocycles. The van der Waals surface area contributed by atoms with Crippen molar-refractivity contribution in [2.24, 2.45) is 5.92 Å². The lowest BCUT2D eigenvalue weighted by atomic mass is 9.95. The van der Waals surface area contributed by atoms with Crippen LogP contribution in [0.15, 0.2) is 66.0 Å². The number of unbranched alkanes of at least 4 members (excludes halogenated alkanes) is 1. The number of aromatic nitrogens is 6. The number of imidazole rings is 1. The highest BCUT2D eigenvalue weighted by Gasteiger charge is 2.26. The zero-order chi connectivity index (χ0) is 27.6. The number of nitrogens with one attached hydrogen (secondary N) is 1. The molecular weight excluding hydrogens is 526 g/mol. The minimum Gasteiger partial charge on any atom is -0.358 e. The number of halogens is 1. The summed E-state index contributed by atoms with van der Waals surface area (Å²) < 4.78 is 9.85. The lowest BCUT2D eigenvalue weighted by Gasteiger charge is -2.29. The van der Waals surface area contributed by atoms with Crippen LogP contribution in [0.2, 0.25) is 5.02 Å². The van der Waals surface area contributed by atoms with Crippen LogP contribution in [0, 0.1) is 5.92 Å². The van der Waals surface area contributed by atoms with E-state index in [1.165, 1.54) is 25.6 Å². The molecule has 3 atom stereocenters. The first-order valence-electron chi connectivity index (χ1n) is 13.9. The Kier molecular flexibility index (Phi) is 7.49. The van der Waals surface area contributed by atoms with Crippen molar-refractivity contribution in [3.8, 4) is 5.69 Å². The number of hydrogen-bond acceptors (Lipinski definition) is 7. The van der Waals surface area contributed by atoms with Crippen LogP contribution in [-0.2, 0) is 4.74 Å². The minimum absolute atomic E-state index is 0.0989. The monoisotopic (exact) mass is 557 g/mol. The maximum absolute atomic E-state index is 13.8. The van der Waals surface area contributed by atoms with Crippen molar-refractivity contribution in [3.63, 3.8) is 0 Å². The van der Waals surface area contributed by atoms with E-state index < -0.39 is 6.04 Å². The highest BCUT2D eigenvalue weighted by molar-refractivity contribution is 6.35. The first-order valence-corrected chi connectivity index (χ1v) is 14.2. The van der Waals surface area contributed by atoms with Crippen LogP contribution >= 0.6 is 11.6 Å². The van der Waals surface area contributed by atoms with Crippen molar-refractivity contribution in [1.29, 1.82) is 0 Å². The summed E-state index contributed by atoms with van der Waals surface area (Å²) in [6.07, 6.45) is 8.93. The van der Waals surface area contributed by atoms with Gasteiger partial charge in [-0.3, -0.25) is 13.9 Å². The third-order valence-corrected chi connectivity index (χ3v) is 7.92. The molecule has 0 amide bonds. The molecule has 1 aliphatic rings. The summed E-state index contributed by atoms with van der Waals surface area (Å²) in [7, 11) is 0. The van der Waals surface area contributed by atoms with Crippen molar-refractivity contribution in [2.75, 3.05) is 11.9 Å². The Morgan fingerprint density at radius 3 is 2.73 bits per heavy atom. The molecule has 1 aliphatic heterocycles. The van der Waals surface area contributed by atoms with Gasteiger partial charge in [0.15, 0.2) is 17.0 Å². The molecule has 10 heteroatoms. The molecule has 6 rings (SSSR count). The molecule has 0 spiro atoms. The fourth-order valence-corrected chi connectivity index (χ4v) is 5.74. The van der Waals surface area contributed by atoms with Gasteiger partial charge in [-0.2, -0.15) is 0 Å². The lowest BCUT2D eigenvalue weighted by molar-refractivity contribution is -0.0586. The molecule has 5 aromatic rings. The van der Waals surface area contributed by atoms with E-state index in [0.717, 1.165) is 19.4 Å². The average molecular weight is 558 g/mol. The van der Waals surface area contributed by atoms with Crippen LogP contribution in [0.1, 0.15) is 64.0 Å². The third-order valence-electron chi connectivity index (χ3n) is 7.61. The Morgan fingerprint density at radius 2 is 1.95 bits per heavy atom. The van der Waals surface area contributed by atoms with Crippen LogP contribution in [0.4, 0.5) is 5.82 Å². The van der Waals surface area contributed by atoms with Gasteiger partial charge in [0, 0.05) is 0 Å². The number of nitrogens with zero attached hydrogens (tertiary/aromatic N) is 6. The van der Waals surface area contributed by atoms with Gasteiger partial charge in [0.25, 0.3) is 5.56 Å². The smallest absolute Gasteiger partial charge is 0.267 e. The van der Waals surface area contributed by atoms with Crippen LogP contribution in [-0.4, -0.2) is 35.7 Å². The largest absolute Gasteiger partial charge is 0.358 e. The maximum atomic E-state index is 13.8. The first kappa shape index (κ1) is 26.4. The Labute approximate surface area is 237 Å². The first-order chi connectivity index (χ1) is 19.5. The van der Waals surface area contributed by atoms with Gasteiger partial charge in [0.1, 0.15) is 18.4 Å². The summed E-state index contributed by atoms with van der Waals surface area (Å²) in [6, 6.07) is 14.4. The van der Waals surface area contributed by atoms with Crippen LogP contribution in [0.25, 0.3) is 27.8 Å². The second-order valence-corrected chi connectivity index (χ2v) is 10.8. The summed E-state index contributed by atoms with van der Waals surface area (Å²) >= 11 is 6.44.